The smallest absolute Gasteiger partial charge is 0.306 e. The zero-order valence-electron chi connectivity index (χ0n) is 38.4. The molecule has 0 saturated heterocycles. The number of hydrogen-bond acceptors (Lipinski definition) is 6. The molecule has 0 saturated carbocycles. The zero-order valence-corrected chi connectivity index (χ0v) is 38.4. The van der Waals surface area contributed by atoms with Gasteiger partial charge in [-0.3, -0.25) is 14.4 Å². The van der Waals surface area contributed by atoms with Crippen molar-refractivity contribution in [2.24, 2.45) is 0 Å². The maximum atomic E-state index is 12.8. The average Bonchev–Trinajstić information content (AvgIpc) is 3.24. The molecule has 0 aliphatic rings. The molecule has 6 heteroatoms. The van der Waals surface area contributed by atoms with Crippen molar-refractivity contribution in [2.45, 2.75) is 200 Å². The number of ether oxygens (including phenoxy) is 3. The fourth-order valence-corrected chi connectivity index (χ4v) is 6.06. The van der Waals surface area contributed by atoms with E-state index >= 15 is 0 Å². The highest BCUT2D eigenvalue weighted by molar-refractivity contribution is 5.71. The number of carbonyl (C=O) groups is 3. The van der Waals surface area contributed by atoms with Crippen molar-refractivity contribution in [3.8, 4) is 0 Å². The number of rotatable bonds is 41. The summed E-state index contributed by atoms with van der Waals surface area (Å²) >= 11 is 0. The summed E-state index contributed by atoms with van der Waals surface area (Å²) in [6, 6.07) is 0. The minimum Gasteiger partial charge on any atom is -0.462 e. The van der Waals surface area contributed by atoms with Crippen LogP contribution >= 0.6 is 0 Å². The summed E-state index contributed by atoms with van der Waals surface area (Å²) in [5, 5.41) is 0. The van der Waals surface area contributed by atoms with Crippen LogP contribution in [0.1, 0.15) is 194 Å². The van der Waals surface area contributed by atoms with Gasteiger partial charge in [0.25, 0.3) is 0 Å². The molecule has 0 spiro atoms. The summed E-state index contributed by atoms with van der Waals surface area (Å²) in [6.45, 7) is 6.26. The molecule has 60 heavy (non-hydrogen) atoms. The third-order valence-corrected chi connectivity index (χ3v) is 9.62. The number of unbranched alkanes of at least 4 members (excludes halogenated alkanes) is 16. The van der Waals surface area contributed by atoms with E-state index in [9.17, 15) is 14.4 Å². The van der Waals surface area contributed by atoms with E-state index in [0.29, 0.717) is 19.3 Å². The van der Waals surface area contributed by atoms with E-state index in [4.69, 9.17) is 14.2 Å². The van der Waals surface area contributed by atoms with Crippen LogP contribution in [0, 0.1) is 0 Å². The second-order valence-corrected chi connectivity index (χ2v) is 15.4. The van der Waals surface area contributed by atoms with Gasteiger partial charge in [-0.15, -0.1) is 0 Å². The molecule has 0 aliphatic carbocycles. The Morgan fingerprint density at radius 1 is 0.367 bits per heavy atom. The molecule has 0 bridgehead atoms. The SMILES string of the molecule is CC\C=C/C=C\C=C/C=C\C=C/CCCCCC(=O)OCC(COC(=O)CCCC/C=C\C/C=C\C/C=C\CC)OC(=O)CCCCCCCCC/C=C\CCCCCC. The van der Waals surface area contributed by atoms with Crippen LogP contribution in [0.4, 0.5) is 0 Å². The fraction of sp³-hybridized carbons (Fsp3) is 0.611. The molecular weight excluding hydrogens is 745 g/mol. The molecule has 1 atom stereocenters. The summed E-state index contributed by atoms with van der Waals surface area (Å²) in [4.78, 5) is 37.8. The largest absolute Gasteiger partial charge is 0.462 e. The van der Waals surface area contributed by atoms with Gasteiger partial charge < -0.3 is 14.2 Å². The lowest BCUT2D eigenvalue weighted by atomic mass is 10.1. The van der Waals surface area contributed by atoms with Crippen molar-refractivity contribution < 1.29 is 28.6 Å². The normalized spacial score (nSPS) is 13.1. The van der Waals surface area contributed by atoms with Crippen LogP contribution in [0.3, 0.4) is 0 Å². The molecule has 6 nitrogen and oxygen atoms in total. The lowest BCUT2D eigenvalue weighted by molar-refractivity contribution is -0.167. The number of carbonyl (C=O) groups excluding carboxylic acids is 3. The van der Waals surface area contributed by atoms with Crippen molar-refractivity contribution in [3.05, 3.63) is 109 Å². The summed E-state index contributed by atoms with van der Waals surface area (Å²) < 4.78 is 16.7. The first-order chi connectivity index (χ1) is 29.5. The van der Waals surface area contributed by atoms with Gasteiger partial charge >= 0.3 is 17.9 Å². The Kier molecular flexibility index (Phi) is 44.6. The predicted molar refractivity (Wildman–Crippen MR) is 256 cm³/mol. The molecule has 0 heterocycles. The molecule has 0 aliphatic heterocycles. The maximum Gasteiger partial charge on any atom is 0.306 e. The summed E-state index contributed by atoms with van der Waals surface area (Å²) in [5.74, 6) is -1.01. The molecule has 338 valence electrons. The van der Waals surface area contributed by atoms with Crippen molar-refractivity contribution in [1.29, 1.82) is 0 Å². The van der Waals surface area contributed by atoms with Gasteiger partial charge in [0, 0.05) is 19.3 Å². The van der Waals surface area contributed by atoms with Gasteiger partial charge in [-0.2, -0.15) is 0 Å². The Labute approximate surface area is 368 Å². The topological polar surface area (TPSA) is 78.9 Å². The first-order valence-electron chi connectivity index (χ1n) is 24.0. The number of esters is 3. The molecule has 0 rings (SSSR count). The third kappa shape index (κ3) is 45.2. The number of allylic oxidation sites excluding steroid dienone is 18. The van der Waals surface area contributed by atoms with E-state index in [1.807, 2.05) is 48.6 Å². The quantitative estimate of drug-likeness (QED) is 0.0201. The molecular formula is C54H86O6. The van der Waals surface area contributed by atoms with E-state index in [2.05, 4.69) is 81.5 Å². The minimum absolute atomic E-state index is 0.116. The monoisotopic (exact) mass is 831 g/mol. The van der Waals surface area contributed by atoms with Crippen molar-refractivity contribution >= 4 is 17.9 Å². The molecule has 0 aromatic carbocycles. The van der Waals surface area contributed by atoms with E-state index in [0.717, 1.165) is 89.9 Å². The second-order valence-electron chi connectivity index (χ2n) is 15.4. The lowest BCUT2D eigenvalue weighted by Gasteiger charge is -2.18. The highest BCUT2D eigenvalue weighted by Gasteiger charge is 2.19. The Bertz CT molecular complexity index is 1280. The Morgan fingerprint density at radius 2 is 0.733 bits per heavy atom. The van der Waals surface area contributed by atoms with Gasteiger partial charge in [-0.1, -0.05) is 188 Å². The van der Waals surface area contributed by atoms with Gasteiger partial charge in [-0.05, 0) is 96.3 Å². The van der Waals surface area contributed by atoms with Crippen LogP contribution < -0.4 is 0 Å². The van der Waals surface area contributed by atoms with E-state index in [1.54, 1.807) is 0 Å². The van der Waals surface area contributed by atoms with Crippen LogP contribution in [-0.2, 0) is 28.6 Å². The van der Waals surface area contributed by atoms with Gasteiger partial charge in [0.1, 0.15) is 13.2 Å². The highest BCUT2D eigenvalue weighted by Crippen LogP contribution is 2.13. The molecule has 0 fully saturated rings. The Balaban J connectivity index is 4.54. The Hall–Kier alpha value is -3.93. The first-order valence-corrected chi connectivity index (χ1v) is 24.0. The molecule has 0 aromatic heterocycles. The molecule has 0 radical (unpaired) electrons. The van der Waals surface area contributed by atoms with Crippen LogP contribution in [0.15, 0.2) is 109 Å². The number of hydrogen-bond donors (Lipinski definition) is 0. The Morgan fingerprint density at radius 3 is 1.28 bits per heavy atom. The van der Waals surface area contributed by atoms with Gasteiger partial charge in [0.05, 0.1) is 0 Å². The zero-order chi connectivity index (χ0) is 43.7. The van der Waals surface area contributed by atoms with E-state index < -0.39 is 6.10 Å². The van der Waals surface area contributed by atoms with Crippen molar-refractivity contribution in [1.82, 2.24) is 0 Å². The van der Waals surface area contributed by atoms with E-state index in [-0.39, 0.29) is 31.1 Å². The predicted octanol–water partition coefficient (Wildman–Crippen LogP) is 15.6. The van der Waals surface area contributed by atoms with Crippen LogP contribution in [0.25, 0.3) is 0 Å². The summed E-state index contributed by atoms with van der Waals surface area (Å²) in [6.07, 6.45) is 63.6. The van der Waals surface area contributed by atoms with Crippen molar-refractivity contribution in [3.63, 3.8) is 0 Å². The summed E-state index contributed by atoms with van der Waals surface area (Å²) in [7, 11) is 0. The van der Waals surface area contributed by atoms with Crippen LogP contribution in [0.2, 0.25) is 0 Å². The second kappa shape index (κ2) is 47.7. The summed E-state index contributed by atoms with van der Waals surface area (Å²) in [5.41, 5.74) is 0. The molecule has 1 unspecified atom stereocenters. The van der Waals surface area contributed by atoms with Gasteiger partial charge in [0.15, 0.2) is 6.10 Å². The van der Waals surface area contributed by atoms with Gasteiger partial charge in [-0.25, -0.2) is 0 Å². The highest BCUT2D eigenvalue weighted by atomic mass is 16.6. The van der Waals surface area contributed by atoms with Crippen LogP contribution in [0.5, 0.6) is 0 Å². The van der Waals surface area contributed by atoms with Crippen molar-refractivity contribution in [2.75, 3.05) is 13.2 Å². The lowest BCUT2D eigenvalue weighted by Crippen LogP contribution is -2.30. The first kappa shape index (κ1) is 56.1. The molecule has 0 N–H and O–H groups in total. The standard InChI is InChI=1S/C54H86O6/c1-4-7-10-13-16-19-22-25-27-29-32-35-38-41-44-47-53(56)59-50-51(49-58-52(55)46-43-40-37-34-31-24-21-18-15-12-9-6-3)60-54(57)48-45-42-39-36-33-30-28-26-23-20-17-14-11-8-5-2/h7,9-10,12-13,16,18-23,25,27,29,31-32,34,51H,4-6,8,11,14-15,17,24,26,28,30,33,35-50H2,1-3H3/b10-7-,12-9-,16-13-,21-18-,22-19-,23-20-,27-25-,32-29-,34-31-. The van der Waals surface area contributed by atoms with E-state index in [1.165, 1.54) is 64.2 Å². The molecule has 0 aromatic rings. The fourth-order valence-electron chi connectivity index (χ4n) is 6.06. The molecule has 0 amide bonds. The third-order valence-electron chi connectivity index (χ3n) is 9.62. The maximum absolute atomic E-state index is 12.8. The van der Waals surface area contributed by atoms with Crippen LogP contribution in [-0.4, -0.2) is 37.2 Å². The van der Waals surface area contributed by atoms with Gasteiger partial charge in [0.2, 0.25) is 0 Å². The minimum atomic E-state index is -0.814. The average molecular weight is 831 g/mol.